The Hall–Kier alpha value is -0.270. The summed E-state index contributed by atoms with van der Waals surface area (Å²) in [6.07, 6.45) is 1.63. The Morgan fingerprint density at radius 3 is 3.00 bits per heavy atom. The zero-order valence-corrected chi connectivity index (χ0v) is 5.08. The molecule has 0 unspecified atom stereocenters. The number of hydrogen-bond donors (Lipinski definition) is 0. The molecule has 0 N–H and O–H groups in total. The van der Waals surface area contributed by atoms with Gasteiger partial charge in [-0.25, -0.2) is 4.75 Å². The molecule has 0 amide bonds. The first kappa shape index (κ1) is 4.88. The summed E-state index contributed by atoms with van der Waals surface area (Å²) in [5.41, 5.74) is 0. The Bertz CT molecular complexity index is 181. The molecule has 0 fully saturated rings. The van der Waals surface area contributed by atoms with Crippen LogP contribution in [-0.4, -0.2) is 4.75 Å². The standard InChI is InChI=1S/C3H2NOPS/c7-3-1-2-4-6-5-3/h1-2H. The summed E-state index contributed by atoms with van der Waals surface area (Å²) >= 11 is 4.63. The molecule has 36 valence electrons. The molecule has 0 bridgehead atoms. The van der Waals surface area contributed by atoms with E-state index in [1.807, 2.05) is 0 Å². The van der Waals surface area contributed by atoms with Gasteiger partial charge in [0.05, 0.1) is 0 Å². The largest absolute Gasteiger partial charge is 0.411 e. The minimum absolute atomic E-state index is 0.511. The van der Waals surface area contributed by atoms with Gasteiger partial charge >= 0.3 is 0 Å². The molecule has 1 aromatic rings. The summed E-state index contributed by atoms with van der Waals surface area (Å²) in [5.74, 6) is 0. The second kappa shape index (κ2) is 2.15. The van der Waals surface area contributed by atoms with Crippen LogP contribution in [0.4, 0.5) is 0 Å². The molecule has 7 heavy (non-hydrogen) atoms. The smallest absolute Gasteiger partial charge is 0.248 e. The molecule has 0 aromatic carbocycles. The van der Waals surface area contributed by atoms with Crippen LogP contribution in [-0.2, 0) is 0 Å². The molecule has 1 aromatic heterocycles. The Morgan fingerprint density at radius 1 is 1.86 bits per heavy atom. The van der Waals surface area contributed by atoms with E-state index in [1.165, 1.54) is 0 Å². The van der Waals surface area contributed by atoms with Gasteiger partial charge in [0.25, 0.3) is 0 Å². The zero-order valence-electron chi connectivity index (χ0n) is 3.37. The lowest BCUT2D eigenvalue weighted by Gasteiger charge is -1.72. The SMILES string of the molecule is S=c1ccnpo1. The van der Waals surface area contributed by atoms with E-state index in [-0.39, 0.29) is 0 Å². The molecular weight excluding hydrogens is 129 g/mol. The number of hydrogen-bond acceptors (Lipinski definition) is 3. The molecule has 1 heterocycles. The summed E-state index contributed by atoms with van der Waals surface area (Å²) in [4.78, 5) is 0. The average molecular weight is 131 g/mol. The van der Waals surface area contributed by atoms with Gasteiger partial charge in [0.1, 0.15) is 0 Å². The highest BCUT2D eigenvalue weighted by atomic mass is 32.1. The summed E-state index contributed by atoms with van der Waals surface area (Å²) < 4.78 is 8.95. The highest BCUT2D eigenvalue weighted by Crippen LogP contribution is 1.96. The van der Waals surface area contributed by atoms with Crippen LogP contribution in [0.25, 0.3) is 0 Å². The van der Waals surface area contributed by atoms with Crippen LogP contribution >= 0.6 is 20.8 Å². The molecule has 0 aliphatic heterocycles. The number of rotatable bonds is 0. The van der Waals surface area contributed by atoms with Crippen LogP contribution in [0.2, 0.25) is 0 Å². The fraction of sp³-hybridized carbons (Fsp3) is 0. The Balaban J connectivity index is 3.28. The van der Waals surface area contributed by atoms with Gasteiger partial charge in [0.15, 0.2) is 4.71 Å². The molecule has 4 heteroatoms. The maximum Gasteiger partial charge on any atom is 0.248 e. The maximum absolute atomic E-state index is 4.73. The molecule has 2 nitrogen and oxygen atoms in total. The fourth-order valence-electron chi connectivity index (χ4n) is 0.216. The van der Waals surface area contributed by atoms with Crippen LogP contribution in [0.3, 0.4) is 0 Å². The highest BCUT2D eigenvalue weighted by molar-refractivity contribution is 7.71. The summed E-state index contributed by atoms with van der Waals surface area (Å²) in [7, 11) is 0.590. The Kier molecular flexibility index (Phi) is 1.50. The third-order valence-corrected chi connectivity index (χ3v) is 1.30. The second-order valence-electron chi connectivity index (χ2n) is 0.923. The van der Waals surface area contributed by atoms with Crippen LogP contribution in [0, 0.1) is 4.71 Å². The van der Waals surface area contributed by atoms with Crippen molar-refractivity contribution in [2.45, 2.75) is 0 Å². The maximum atomic E-state index is 4.73. The van der Waals surface area contributed by atoms with Gasteiger partial charge in [0, 0.05) is 12.3 Å². The molecule has 0 atom stereocenters. The van der Waals surface area contributed by atoms with Crippen molar-refractivity contribution in [2.75, 3.05) is 0 Å². The quantitative estimate of drug-likeness (QED) is 0.503. The lowest BCUT2D eigenvalue weighted by Crippen LogP contribution is -1.54. The molecule has 0 radical (unpaired) electrons. The van der Waals surface area contributed by atoms with Gasteiger partial charge in [-0.1, -0.05) is 0 Å². The van der Waals surface area contributed by atoms with Crippen molar-refractivity contribution < 1.29 is 4.20 Å². The number of aromatic nitrogens is 1. The first-order valence-corrected chi connectivity index (χ1v) is 2.84. The van der Waals surface area contributed by atoms with Crippen molar-refractivity contribution in [3.8, 4) is 0 Å². The van der Waals surface area contributed by atoms with Gasteiger partial charge in [-0.2, -0.15) is 0 Å². The van der Waals surface area contributed by atoms with Crippen molar-refractivity contribution in [1.29, 1.82) is 0 Å². The third kappa shape index (κ3) is 1.33. The van der Waals surface area contributed by atoms with Gasteiger partial charge < -0.3 is 4.20 Å². The summed E-state index contributed by atoms with van der Waals surface area (Å²) in [5, 5.41) is 0. The van der Waals surface area contributed by atoms with Crippen LogP contribution < -0.4 is 0 Å². The summed E-state index contributed by atoms with van der Waals surface area (Å²) in [6.45, 7) is 0. The van der Waals surface area contributed by atoms with E-state index in [1.54, 1.807) is 12.3 Å². The minimum atomic E-state index is 0.511. The molecular formula is C3H2NOPS. The van der Waals surface area contributed by atoms with E-state index in [9.17, 15) is 0 Å². The molecule has 0 saturated heterocycles. The van der Waals surface area contributed by atoms with Crippen molar-refractivity contribution in [3.63, 3.8) is 0 Å². The fourth-order valence-corrected chi connectivity index (χ4v) is 0.686. The van der Waals surface area contributed by atoms with E-state index in [2.05, 4.69) is 17.0 Å². The monoisotopic (exact) mass is 131 g/mol. The molecule has 0 aliphatic rings. The average Bonchev–Trinajstić information content (AvgIpc) is 1.69. The van der Waals surface area contributed by atoms with Gasteiger partial charge in [-0.3, -0.25) is 0 Å². The van der Waals surface area contributed by atoms with E-state index < -0.39 is 0 Å². The van der Waals surface area contributed by atoms with E-state index in [0.717, 1.165) is 0 Å². The van der Waals surface area contributed by atoms with Crippen molar-refractivity contribution in [3.05, 3.63) is 17.0 Å². The van der Waals surface area contributed by atoms with Crippen molar-refractivity contribution >= 4 is 20.8 Å². The topological polar surface area (TPSA) is 26.0 Å². The number of nitrogens with zero attached hydrogens (tertiary/aromatic N) is 1. The predicted octanol–water partition coefficient (Wildman–Crippen LogP) is 1.98. The van der Waals surface area contributed by atoms with Crippen LogP contribution in [0.5, 0.6) is 0 Å². The normalized spacial score (nSPS) is 9.71. The van der Waals surface area contributed by atoms with E-state index >= 15 is 0 Å². The predicted molar refractivity (Wildman–Crippen MR) is 29.8 cm³/mol. The lowest BCUT2D eigenvalue weighted by molar-refractivity contribution is 0.660. The van der Waals surface area contributed by atoms with Gasteiger partial charge in [-0.05, 0) is 12.2 Å². The molecule has 0 aliphatic carbocycles. The van der Waals surface area contributed by atoms with Crippen LogP contribution in [0.1, 0.15) is 0 Å². The zero-order chi connectivity index (χ0) is 5.11. The van der Waals surface area contributed by atoms with E-state index in [0.29, 0.717) is 13.3 Å². The molecule has 0 saturated carbocycles. The Morgan fingerprint density at radius 2 is 2.71 bits per heavy atom. The van der Waals surface area contributed by atoms with Gasteiger partial charge in [-0.15, -0.1) is 0 Å². The minimum Gasteiger partial charge on any atom is -0.411 e. The second-order valence-corrected chi connectivity index (χ2v) is 1.90. The molecule has 1 rings (SSSR count). The van der Waals surface area contributed by atoms with E-state index in [4.69, 9.17) is 4.20 Å². The Labute approximate surface area is 47.5 Å². The highest BCUT2D eigenvalue weighted by Gasteiger charge is 1.70. The molecule has 0 spiro atoms. The van der Waals surface area contributed by atoms with Crippen molar-refractivity contribution in [1.82, 2.24) is 4.75 Å². The van der Waals surface area contributed by atoms with Gasteiger partial charge in [0.2, 0.25) is 8.59 Å². The first-order valence-electron chi connectivity index (χ1n) is 1.67. The van der Waals surface area contributed by atoms with Crippen molar-refractivity contribution in [2.24, 2.45) is 0 Å². The first-order chi connectivity index (χ1) is 3.39. The van der Waals surface area contributed by atoms with Crippen LogP contribution in [0.15, 0.2) is 16.5 Å². The third-order valence-electron chi connectivity index (χ3n) is 0.455. The summed E-state index contributed by atoms with van der Waals surface area (Å²) in [6, 6.07) is 1.64. The lowest BCUT2D eigenvalue weighted by atomic mass is 10.8.